The first kappa shape index (κ1) is 12.8. The van der Waals surface area contributed by atoms with Crippen LogP contribution < -0.4 is 0 Å². The molecule has 0 aliphatic heterocycles. The summed E-state index contributed by atoms with van der Waals surface area (Å²) in [5, 5.41) is 11.8. The fourth-order valence-electron chi connectivity index (χ4n) is 2.59. The van der Waals surface area contributed by atoms with Crippen LogP contribution in [-0.4, -0.2) is 10.1 Å². The lowest BCUT2D eigenvalue weighted by Gasteiger charge is -2.16. The van der Waals surface area contributed by atoms with Crippen molar-refractivity contribution in [3.8, 4) is 0 Å². The molecule has 1 aromatic heterocycles. The van der Waals surface area contributed by atoms with E-state index in [-0.39, 0.29) is 0 Å². The molecule has 1 unspecified atom stereocenters. The SMILES string of the molecule is Cc1ccc(C)c(C(O)c2cccc3ncccc23)c1. The average Bonchev–Trinajstić information content (AvgIpc) is 2.48. The first-order valence-electron chi connectivity index (χ1n) is 6.75. The van der Waals surface area contributed by atoms with E-state index >= 15 is 0 Å². The van der Waals surface area contributed by atoms with Gasteiger partial charge in [0.1, 0.15) is 6.10 Å². The van der Waals surface area contributed by atoms with Crippen LogP contribution in [0.2, 0.25) is 0 Å². The van der Waals surface area contributed by atoms with Gasteiger partial charge in [-0.05, 0) is 42.7 Å². The molecule has 20 heavy (non-hydrogen) atoms. The zero-order valence-corrected chi connectivity index (χ0v) is 11.7. The number of fused-ring (bicyclic) bond motifs is 1. The molecule has 0 aliphatic rings. The molecule has 0 fully saturated rings. The minimum absolute atomic E-state index is 0.622. The van der Waals surface area contributed by atoms with Crippen LogP contribution in [0.25, 0.3) is 10.9 Å². The standard InChI is InChI=1S/C18H17NO/c1-12-8-9-13(2)16(11-12)18(20)15-5-3-7-17-14(15)6-4-10-19-17/h3-11,18,20H,1-2H3. The summed E-state index contributed by atoms with van der Waals surface area (Å²) in [4.78, 5) is 4.35. The van der Waals surface area contributed by atoms with Crippen molar-refractivity contribution in [2.24, 2.45) is 0 Å². The summed E-state index contributed by atoms with van der Waals surface area (Å²) >= 11 is 0. The van der Waals surface area contributed by atoms with E-state index < -0.39 is 6.10 Å². The van der Waals surface area contributed by atoms with E-state index in [9.17, 15) is 5.11 Å². The van der Waals surface area contributed by atoms with Gasteiger partial charge in [0.2, 0.25) is 0 Å². The van der Waals surface area contributed by atoms with Gasteiger partial charge in [0.25, 0.3) is 0 Å². The Bertz CT molecular complexity index is 759. The summed E-state index contributed by atoms with van der Waals surface area (Å²) in [5.41, 5.74) is 5.03. The van der Waals surface area contributed by atoms with Crippen molar-refractivity contribution in [3.63, 3.8) is 0 Å². The second kappa shape index (κ2) is 5.06. The van der Waals surface area contributed by atoms with E-state index in [2.05, 4.69) is 23.2 Å². The van der Waals surface area contributed by atoms with Gasteiger partial charge in [-0.1, -0.05) is 42.0 Å². The van der Waals surface area contributed by atoms with E-state index in [1.807, 2.05) is 44.2 Å². The Morgan fingerprint density at radius 2 is 1.80 bits per heavy atom. The van der Waals surface area contributed by atoms with Crippen LogP contribution in [0.15, 0.2) is 54.7 Å². The van der Waals surface area contributed by atoms with E-state index in [1.165, 1.54) is 0 Å². The summed E-state index contributed by atoms with van der Waals surface area (Å²) in [6, 6.07) is 16.0. The highest BCUT2D eigenvalue weighted by Gasteiger charge is 2.15. The molecule has 0 saturated carbocycles. The van der Waals surface area contributed by atoms with E-state index in [0.29, 0.717) is 0 Å². The lowest BCUT2D eigenvalue weighted by atomic mass is 9.93. The maximum Gasteiger partial charge on any atom is 0.105 e. The van der Waals surface area contributed by atoms with E-state index in [0.717, 1.165) is 33.2 Å². The number of nitrogens with zero attached hydrogens (tertiary/aromatic N) is 1. The molecule has 0 amide bonds. The van der Waals surface area contributed by atoms with Crippen molar-refractivity contribution < 1.29 is 5.11 Å². The van der Waals surface area contributed by atoms with Gasteiger partial charge in [-0.2, -0.15) is 0 Å². The van der Waals surface area contributed by atoms with Gasteiger partial charge >= 0.3 is 0 Å². The first-order valence-corrected chi connectivity index (χ1v) is 6.75. The number of aliphatic hydroxyl groups is 1. The fourth-order valence-corrected chi connectivity index (χ4v) is 2.59. The normalized spacial score (nSPS) is 12.6. The zero-order valence-electron chi connectivity index (χ0n) is 11.7. The van der Waals surface area contributed by atoms with Crippen LogP contribution in [0.1, 0.15) is 28.4 Å². The minimum Gasteiger partial charge on any atom is -0.384 e. The van der Waals surface area contributed by atoms with Gasteiger partial charge < -0.3 is 5.11 Å². The summed E-state index contributed by atoms with van der Waals surface area (Å²) in [6.45, 7) is 4.07. The number of hydrogen-bond donors (Lipinski definition) is 1. The molecule has 0 spiro atoms. The molecule has 1 heterocycles. The van der Waals surface area contributed by atoms with Crippen LogP contribution in [0, 0.1) is 13.8 Å². The maximum absolute atomic E-state index is 10.8. The molecule has 0 saturated heterocycles. The molecule has 3 rings (SSSR count). The van der Waals surface area contributed by atoms with Crippen molar-refractivity contribution in [3.05, 3.63) is 77.0 Å². The molecule has 0 radical (unpaired) electrons. The Morgan fingerprint density at radius 3 is 2.65 bits per heavy atom. The number of pyridine rings is 1. The van der Waals surface area contributed by atoms with Gasteiger partial charge in [0.15, 0.2) is 0 Å². The van der Waals surface area contributed by atoms with Gasteiger partial charge in [0.05, 0.1) is 5.52 Å². The van der Waals surface area contributed by atoms with Crippen molar-refractivity contribution in [1.82, 2.24) is 4.98 Å². The molecular weight excluding hydrogens is 246 g/mol. The van der Waals surface area contributed by atoms with Gasteiger partial charge in [-0.3, -0.25) is 4.98 Å². The molecule has 0 bridgehead atoms. The number of rotatable bonds is 2. The maximum atomic E-state index is 10.8. The molecule has 3 aromatic rings. The number of aromatic nitrogens is 1. The molecular formula is C18H17NO. The van der Waals surface area contributed by atoms with Gasteiger partial charge in [0, 0.05) is 11.6 Å². The summed E-state index contributed by atoms with van der Waals surface area (Å²) in [5.74, 6) is 0. The van der Waals surface area contributed by atoms with Crippen LogP contribution in [-0.2, 0) is 0 Å². The van der Waals surface area contributed by atoms with Crippen LogP contribution in [0.4, 0.5) is 0 Å². The molecule has 100 valence electrons. The lowest BCUT2D eigenvalue weighted by Crippen LogP contribution is -2.03. The third kappa shape index (κ3) is 2.19. The first-order chi connectivity index (χ1) is 9.66. The number of benzene rings is 2. The molecule has 2 heteroatoms. The van der Waals surface area contributed by atoms with Gasteiger partial charge in [-0.25, -0.2) is 0 Å². The zero-order chi connectivity index (χ0) is 14.1. The fraction of sp³-hybridized carbons (Fsp3) is 0.167. The van der Waals surface area contributed by atoms with Gasteiger partial charge in [-0.15, -0.1) is 0 Å². The Balaban J connectivity index is 2.17. The molecule has 2 aromatic carbocycles. The molecule has 0 aliphatic carbocycles. The Labute approximate surface area is 118 Å². The monoisotopic (exact) mass is 263 g/mol. The van der Waals surface area contributed by atoms with Crippen molar-refractivity contribution >= 4 is 10.9 Å². The van der Waals surface area contributed by atoms with Crippen molar-refractivity contribution in [1.29, 1.82) is 0 Å². The highest BCUT2D eigenvalue weighted by atomic mass is 16.3. The molecule has 1 N–H and O–H groups in total. The molecule has 1 atom stereocenters. The number of hydrogen-bond acceptors (Lipinski definition) is 2. The largest absolute Gasteiger partial charge is 0.384 e. The third-order valence-electron chi connectivity index (χ3n) is 3.70. The summed E-state index contributed by atoms with van der Waals surface area (Å²) < 4.78 is 0. The van der Waals surface area contributed by atoms with E-state index in [1.54, 1.807) is 6.20 Å². The Kier molecular flexibility index (Phi) is 3.25. The van der Waals surface area contributed by atoms with Crippen LogP contribution in [0.5, 0.6) is 0 Å². The second-order valence-corrected chi connectivity index (χ2v) is 5.18. The lowest BCUT2D eigenvalue weighted by molar-refractivity contribution is 0.221. The highest BCUT2D eigenvalue weighted by molar-refractivity contribution is 5.82. The predicted molar refractivity (Wildman–Crippen MR) is 81.7 cm³/mol. The van der Waals surface area contributed by atoms with Crippen LogP contribution in [0.3, 0.4) is 0 Å². The quantitative estimate of drug-likeness (QED) is 0.760. The van der Waals surface area contributed by atoms with Crippen LogP contribution >= 0.6 is 0 Å². The van der Waals surface area contributed by atoms with Crippen molar-refractivity contribution in [2.75, 3.05) is 0 Å². The second-order valence-electron chi connectivity index (χ2n) is 5.18. The van der Waals surface area contributed by atoms with Crippen molar-refractivity contribution in [2.45, 2.75) is 20.0 Å². The highest BCUT2D eigenvalue weighted by Crippen LogP contribution is 2.30. The minimum atomic E-state index is -0.622. The predicted octanol–water partition coefficient (Wildman–Crippen LogP) is 3.93. The number of aliphatic hydroxyl groups excluding tert-OH is 1. The Hall–Kier alpha value is -2.19. The Morgan fingerprint density at radius 1 is 0.950 bits per heavy atom. The average molecular weight is 263 g/mol. The summed E-state index contributed by atoms with van der Waals surface area (Å²) in [6.07, 6.45) is 1.15. The van der Waals surface area contributed by atoms with E-state index in [4.69, 9.17) is 0 Å². The molecule has 2 nitrogen and oxygen atoms in total. The smallest absolute Gasteiger partial charge is 0.105 e. The summed E-state index contributed by atoms with van der Waals surface area (Å²) in [7, 11) is 0. The third-order valence-corrected chi connectivity index (χ3v) is 3.70. The number of aryl methyl sites for hydroxylation is 2. The topological polar surface area (TPSA) is 33.1 Å².